The molecule has 0 amide bonds. The number of aromatic nitrogens is 3. The molecule has 2 aromatic heterocycles. The number of anilines is 2. The average molecular weight is 508 g/mol. The summed E-state index contributed by atoms with van der Waals surface area (Å²) in [4.78, 5) is 21.7. The Labute approximate surface area is 206 Å². The summed E-state index contributed by atoms with van der Waals surface area (Å²) in [5.41, 5.74) is 2.33. The highest BCUT2D eigenvalue weighted by Gasteiger charge is 2.32. The zero-order chi connectivity index (χ0) is 24.6. The van der Waals surface area contributed by atoms with E-state index in [9.17, 15) is 14.3 Å². The van der Waals surface area contributed by atoms with E-state index in [0.29, 0.717) is 24.5 Å². The van der Waals surface area contributed by atoms with Crippen LogP contribution in [0.4, 0.5) is 15.9 Å². The molecule has 4 rings (SSSR count). The smallest absolute Gasteiger partial charge is 0.230 e. The predicted octanol–water partition coefficient (Wildman–Crippen LogP) is 5.21. The Balaban J connectivity index is 1.56. The minimum atomic E-state index is -1.22. The Hall–Kier alpha value is -2.72. The first-order chi connectivity index (χ1) is 16.1. The topological polar surface area (TPSA) is 92.5 Å². The lowest BCUT2D eigenvalue weighted by Crippen LogP contribution is -2.36. The number of hydroxylamine groups is 1. The standard InChI is InChI=1S/C23H24Cl2FN5O3/c1-12(6-13(2)32)10-30-11-16(9-28-30)15-7-19-22(27-8-15)29-23(33)31(19)34-14(3)20-17(24)4-5-18(26)21(20)25/h4-5,7-9,11-12,14,23,33H,6,10H2,1-3H3,(H,27,29). The molecule has 11 heteroatoms. The van der Waals surface area contributed by atoms with Crippen LogP contribution in [-0.4, -0.2) is 32.0 Å². The van der Waals surface area contributed by atoms with Crippen LogP contribution in [0.3, 0.4) is 0 Å². The predicted molar refractivity (Wildman–Crippen MR) is 128 cm³/mol. The molecule has 2 N–H and O–H groups in total. The molecular weight excluding hydrogens is 484 g/mol. The van der Waals surface area contributed by atoms with E-state index in [1.807, 2.05) is 13.1 Å². The number of halogens is 3. The lowest BCUT2D eigenvalue weighted by atomic mass is 10.1. The average Bonchev–Trinajstić information content (AvgIpc) is 3.34. The minimum Gasteiger partial charge on any atom is -0.355 e. The van der Waals surface area contributed by atoms with Gasteiger partial charge in [-0.25, -0.2) is 14.4 Å². The molecule has 0 spiro atoms. The second-order valence-corrected chi connectivity index (χ2v) is 9.19. The Bertz CT molecular complexity index is 1220. The molecule has 34 heavy (non-hydrogen) atoms. The third-order valence-corrected chi connectivity index (χ3v) is 6.17. The minimum absolute atomic E-state index is 0.139. The fourth-order valence-corrected chi connectivity index (χ4v) is 4.62. The van der Waals surface area contributed by atoms with Gasteiger partial charge in [0.05, 0.1) is 11.2 Å². The van der Waals surface area contributed by atoms with E-state index in [4.69, 9.17) is 28.0 Å². The number of Topliss-reactive ketones (excluding diaryl/α,β-unsaturated/α-hetero) is 1. The van der Waals surface area contributed by atoms with Crippen molar-refractivity contribution in [2.24, 2.45) is 5.92 Å². The first kappa shape index (κ1) is 24.4. The number of carbonyl (C=O) groups excluding carboxylic acids is 1. The Morgan fingerprint density at radius 1 is 1.29 bits per heavy atom. The molecule has 180 valence electrons. The van der Waals surface area contributed by atoms with Gasteiger partial charge in [0.25, 0.3) is 0 Å². The third-order valence-electron chi connectivity index (χ3n) is 5.45. The van der Waals surface area contributed by atoms with Crippen molar-refractivity contribution in [1.82, 2.24) is 14.8 Å². The molecule has 0 saturated heterocycles. The van der Waals surface area contributed by atoms with Gasteiger partial charge in [-0.1, -0.05) is 30.1 Å². The molecule has 3 heterocycles. The lowest BCUT2D eigenvalue weighted by Gasteiger charge is -2.26. The summed E-state index contributed by atoms with van der Waals surface area (Å²) >= 11 is 12.3. The zero-order valence-corrected chi connectivity index (χ0v) is 20.3. The fraction of sp³-hybridized carbons (Fsp3) is 0.348. The van der Waals surface area contributed by atoms with Crippen molar-refractivity contribution >= 4 is 40.5 Å². The van der Waals surface area contributed by atoms with Crippen LogP contribution in [0.15, 0.2) is 36.8 Å². The molecule has 0 aliphatic carbocycles. The van der Waals surface area contributed by atoms with E-state index >= 15 is 0 Å². The van der Waals surface area contributed by atoms with E-state index in [2.05, 4.69) is 15.4 Å². The first-order valence-corrected chi connectivity index (χ1v) is 11.5. The molecular formula is C23H24Cl2FN5O3. The van der Waals surface area contributed by atoms with Crippen LogP contribution in [0.5, 0.6) is 0 Å². The summed E-state index contributed by atoms with van der Waals surface area (Å²) in [6.07, 6.45) is 3.74. The Morgan fingerprint density at radius 2 is 2.06 bits per heavy atom. The van der Waals surface area contributed by atoms with Gasteiger partial charge in [0, 0.05) is 47.1 Å². The van der Waals surface area contributed by atoms with E-state index in [1.165, 1.54) is 17.2 Å². The number of rotatable bonds is 8. The van der Waals surface area contributed by atoms with Crippen molar-refractivity contribution in [2.45, 2.75) is 46.2 Å². The van der Waals surface area contributed by atoms with Crippen molar-refractivity contribution in [2.75, 3.05) is 10.4 Å². The van der Waals surface area contributed by atoms with Gasteiger partial charge in [0.1, 0.15) is 23.4 Å². The van der Waals surface area contributed by atoms with E-state index < -0.39 is 18.3 Å². The van der Waals surface area contributed by atoms with E-state index in [-0.39, 0.29) is 27.3 Å². The second kappa shape index (κ2) is 9.87. The second-order valence-electron chi connectivity index (χ2n) is 8.40. The Morgan fingerprint density at radius 3 is 2.79 bits per heavy atom. The lowest BCUT2D eigenvalue weighted by molar-refractivity contribution is -0.117. The molecule has 1 aromatic carbocycles. The van der Waals surface area contributed by atoms with Crippen LogP contribution >= 0.6 is 23.2 Å². The summed E-state index contributed by atoms with van der Waals surface area (Å²) < 4.78 is 15.8. The SMILES string of the molecule is CC(=O)CC(C)Cn1cc(-c2cnc3c(c2)N(OC(C)c2c(Cl)ccc(F)c2Cl)C(O)N3)cn1. The quantitative estimate of drug-likeness (QED) is 0.404. The van der Waals surface area contributed by atoms with Crippen LogP contribution in [-0.2, 0) is 16.2 Å². The molecule has 8 nitrogen and oxygen atoms in total. The van der Waals surface area contributed by atoms with Crippen LogP contribution < -0.4 is 10.4 Å². The third kappa shape index (κ3) is 5.02. The summed E-state index contributed by atoms with van der Waals surface area (Å²) in [6, 6.07) is 4.38. The number of ketones is 1. The molecule has 0 saturated carbocycles. The zero-order valence-electron chi connectivity index (χ0n) is 18.8. The number of benzene rings is 1. The van der Waals surface area contributed by atoms with Crippen LogP contribution in [0.2, 0.25) is 10.0 Å². The fourth-order valence-electron chi connectivity index (χ4n) is 3.94. The highest BCUT2D eigenvalue weighted by molar-refractivity contribution is 6.36. The number of aliphatic hydroxyl groups is 1. The van der Waals surface area contributed by atoms with Gasteiger partial charge in [-0.05, 0) is 38.0 Å². The molecule has 3 atom stereocenters. The number of pyridine rings is 1. The normalized spacial score (nSPS) is 16.8. The molecule has 1 aliphatic rings. The van der Waals surface area contributed by atoms with Gasteiger partial charge in [-0.15, -0.1) is 0 Å². The maximum Gasteiger partial charge on any atom is 0.230 e. The highest BCUT2D eigenvalue weighted by atomic mass is 35.5. The number of nitrogens with one attached hydrogen (secondary N) is 1. The van der Waals surface area contributed by atoms with E-state index in [1.54, 1.807) is 37.0 Å². The summed E-state index contributed by atoms with van der Waals surface area (Å²) in [5.74, 6) is 0.108. The van der Waals surface area contributed by atoms with E-state index in [0.717, 1.165) is 11.1 Å². The number of aliphatic hydroxyl groups excluding tert-OH is 1. The number of fused-ring (bicyclic) bond motifs is 1. The molecule has 0 bridgehead atoms. The molecule has 0 radical (unpaired) electrons. The summed E-state index contributed by atoms with van der Waals surface area (Å²) in [7, 11) is 0. The van der Waals surface area contributed by atoms with Gasteiger partial charge in [-0.3, -0.25) is 9.52 Å². The van der Waals surface area contributed by atoms with Gasteiger partial charge in [0.2, 0.25) is 6.35 Å². The monoisotopic (exact) mass is 507 g/mol. The van der Waals surface area contributed by atoms with Crippen molar-refractivity contribution in [3.63, 3.8) is 0 Å². The molecule has 3 unspecified atom stereocenters. The van der Waals surface area contributed by atoms with Gasteiger partial charge in [-0.2, -0.15) is 5.10 Å². The number of nitrogens with zero attached hydrogens (tertiary/aromatic N) is 4. The largest absolute Gasteiger partial charge is 0.355 e. The summed E-state index contributed by atoms with van der Waals surface area (Å²) in [6.45, 7) is 5.84. The number of carbonyl (C=O) groups is 1. The number of hydrogen-bond donors (Lipinski definition) is 2. The molecule has 3 aromatic rings. The van der Waals surface area contributed by atoms with Crippen molar-refractivity contribution in [1.29, 1.82) is 0 Å². The first-order valence-electron chi connectivity index (χ1n) is 10.7. The maximum absolute atomic E-state index is 14.0. The molecule has 1 aliphatic heterocycles. The van der Waals surface area contributed by atoms with Crippen LogP contribution in [0.25, 0.3) is 11.1 Å². The van der Waals surface area contributed by atoms with Gasteiger partial charge < -0.3 is 15.2 Å². The van der Waals surface area contributed by atoms with Crippen molar-refractivity contribution in [3.8, 4) is 11.1 Å². The Kier molecular flexibility index (Phi) is 7.09. The maximum atomic E-state index is 14.0. The highest BCUT2D eigenvalue weighted by Crippen LogP contribution is 2.40. The van der Waals surface area contributed by atoms with Crippen molar-refractivity contribution in [3.05, 3.63) is 58.2 Å². The van der Waals surface area contributed by atoms with Gasteiger partial charge in [0.15, 0.2) is 5.82 Å². The number of hydrogen-bond acceptors (Lipinski definition) is 7. The molecule has 0 fully saturated rings. The van der Waals surface area contributed by atoms with Crippen molar-refractivity contribution < 1.29 is 19.1 Å². The van der Waals surface area contributed by atoms with Crippen LogP contribution in [0, 0.1) is 11.7 Å². The summed E-state index contributed by atoms with van der Waals surface area (Å²) in [5, 5.41) is 19.1. The van der Waals surface area contributed by atoms with Gasteiger partial charge >= 0.3 is 0 Å². The van der Waals surface area contributed by atoms with Crippen LogP contribution in [0.1, 0.15) is 38.9 Å².